The normalized spacial score (nSPS) is 16.5. The van der Waals surface area contributed by atoms with E-state index in [2.05, 4.69) is 27.7 Å². The van der Waals surface area contributed by atoms with Crippen LogP contribution in [0.3, 0.4) is 0 Å². The van der Waals surface area contributed by atoms with Crippen LogP contribution >= 0.6 is 0 Å². The van der Waals surface area contributed by atoms with Crippen molar-refractivity contribution >= 4 is 23.9 Å². The molecule has 0 aromatic heterocycles. The summed E-state index contributed by atoms with van der Waals surface area (Å²) in [6, 6.07) is -0.288. The molecule has 2 aliphatic heterocycles. The van der Waals surface area contributed by atoms with E-state index in [0.717, 1.165) is 96.7 Å². The number of urea groups is 2. The van der Waals surface area contributed by atoms with Crippen LogP contribution in [-0.2, 0) is 14.3 Å². The Kier molecular flexibility index (Phi) is 16.0. The first-order valence-corrected chi connectivity index (χ1v) is 17.3. The van der Waals surface area contributed by atoms with E-state index < -0.39 is 0 Å². The summed E-state index contributed by atoms with van der Waals surface area (Å²) in [5.74, 6) is -0.134. The van der Waals surface area contributed by atoms with Crippen molar-refractivity contribution in [2.75, 3.05) is 53.0 Å². The van der Waals surface area contributed by atoms with E-state index in [1.54, 1.807) is 11.9 Å². The third kappa shape index (κ3) is 10.8. The predicted molar refractivity (Wildman–Crippen MR) is 172 cm³/mol. The second-order valence-electron chi connectivity index (χ2n) is 13.0. The topological polar surface area (TPSA) is 90.5 Å². The Morgan fingerprint density at radius 1 is 0.581 bits per heavy atom. The van der Waals surface area contributed by atoms with Crippen LogP contribution in [0.25, 0.3) is 0 Å². The number of carbonyl (C=O) groups is 4. The van der Waals surface area contributed by atoms with Crippen LogP contribution in [0.2, 0.25) is 0 Å². The highest BCUT2D eigenvalue weighted by Crippen LogP contribution is 2.39. The number of nitrogens with zero attached hydrogens (tertiary/aromatic N) is 4. The quantitative estimate of drug-likeness (QED) is 0.0865. The smallest absolute Gasteiger partial charge is 0.327 e. The molecular formula is C34H62N4O5. The van der Waals surface area contributed by atoms with Crippen molar-refractivity contribution in [3.63, 3.8) is 0 Å². The summed E-state index contributed by atoms with van der Waals surface area (Å²) in [4.78, 5) is 54.6. The van der Waals surface area contributed by atoms with Crippen molar-refractivity contribution in [1.29, 1.82) is 0 Å². The maximum absolute atomic E-state index is 12.3. The Morgan fingerprint density at radius 2 is 1.02 bits per heavy atom. The zero-order valence-corrected chi connectivity index (χ0v) is 28.4. The number of hydrogen-bond donors (Lipinski definition) is 0. The first-order valence-electron chi connectivity index (χ1n) is 17.3. The second kappa shape index (κ2) is 18.6. The summed E-state index contributed by atoms with van der Waals surface area (Å²) in [5.41, 5.74) is 0.611. The van der Waals surface area contributed by atoms with Crippen LogP contribution < -0.4 is 0 Å². The molecule has 0 atom stereocenters. The van der Waals surface area contributed by atoms with E-state index >= 15 is 0 Å². The monoisotopic (exact) mass is 606 g/mol. The minimum atomic E-state index is -0.162. The molecule has 0 aromatic carbocycles. The van der Waals surface area contributed by atoms with E-state index in [1.165, 1.54) is 27.5 Å². The molecule has 0 unspecified atom stereocenters. The second-order valence-corrected chi connectivity index (χ2v) is 13.0. The van der Waals surface area contributed by atoms with Gasteiger partial charge in [0.15, 0.2) is 0 Å². The molecule has 2 aliphatic rings. The molecule has 248 valence electrons. The fourth-order valence-electron chi connectivity index (χ4n) is 7.01. The summed E-state index contributed by atoms with van der Waals surface area (Å²) < 4.78 is 6.01. The van der Waals surface area contributed by atoms with Gasteiger partial charge >= 0.3 is 12.1 Å². The van der Waals surface area contributed by atoms with Crippen LogP contribution in [0.15, 0.2) is 0 Å². The van der Waals surface area contributed by atoms with Crippen molar-refractivity contribution in [1.82, 2.24) is 19.6 Å². The molecule has 0 aromatic rings. The molecule has 2 rings (SSSR count). The molecule has 0 N–H and O–H groups in total. The Morgan fingerprint density at radius 3 is 1.47 bits per heavy atom. The minimum Gasteiger partial charge on any atom is -0.381 e. The third-order valence-electron chi connectivity index (χ3n) is 10.7. The molecule has 0 saturated carbocycles. The lowest BCUT2D eigenvalue weighted by atomic mass is 9.74. The van der Waals surface area contributed by atoms with E-state index in [4.69, 9.17) is 4.74 Å². The van der Waals surface area contributed by atoms with Crippen molar-refractivity contribution in [2.45, 2.75) is 131 Å². The molecule has 43 heavy (non-hydrogen) atoms. The summed E-state index contributed by atoms with van der Waals surface area (Å²) in [7, 11) is 1.68. The fourth-order valence-corrected chi connectivity index (χ4v) is 7.01. The molecule has 0 spiro atoms. The highest BCUT2D eigenvalue weighted by Gasteiger charge is 2.35. The zero-order valence-electron chi connectivity index (χ0n) is 28.4. The molecule has 2 fully saturated rings. The number of amides is 6. The number of carbonyl (C=O) groups excluding carboxylic acids is 4. The van der Waals surface area contributed by atoms with Crippen molar-refractivity contribution in [3.05, 3.63) is 0 Å². The van der Waals surface area contributed by atoms with Gasteiger partial charge in [0.1, 0.15) is 13.1 Å². The predicted octanol–water partition coefficient (Wildman–Crippen LogP) is 7.09. The highest BCUT2D eigenvalue weighted by molar-refractivity contribution is 6.02. The average Bonchev–Trinajstić information content (AvgIpc) is 3.43. The maximum Gasteiger partial charge on any atom is 0.327 e. The van der Waals surface area contributed by atoms with Crippen LogP contribution in [0.1, 0.15) is 131 Å². The van der Waals surface area contributed by atoms with Gasteiger partial charge in [0.25, 0.3) is 0 Å². The molecule has 0 radical (unpaired) electrons. The molecule has 2 saturated heterocycles. The van der Waals surface area contributed by atoms with Gasteiger partial charge in [-0.15, -0.1) is 0 Å². The van der Waals surface area contributed by atoms with Crippen LogP contribution in [0.4, 0.5) is 9.59 Å². The molecular weight excluding hydrogens is 544 g/mol. The minimum absolute atomic E-state index is 0.0575. The lowest BCUT2D eigenvalue weighted by Gasteiger charge is -2.32. The highest BCUT2D eigenvalue weighted by atomic mass is 16.5. The SMILES string of the molecule is CCN1CC(=O)N(CCCCC(CC)(CC)CCCCOCCCCC(CC)(CC)CCCN2C(=O)CN(C)C2=O)C1=O. The van der Waals surface area contributed by atoms with Gasteiger partial charge < -0.3 is 14.5 Å². The van der Waals surface area contributed by atoms with Crippen molar-refractivity contribution in [3.8, 4) is 0 Å². The van der Waals surface area contributed by atoms with Gasteiger partial charge in [0.2, 0.25) is 11.8 Å². The van der Waals surface area contributed by atoms with Gasteiger partial charge in [0, 0.05) is 39.9 Å². The Balaban J connectivity index is 1.58. The molecule has 9 heteroatoms. The summed E-state index contributed by atoms with van der Waals surface area (Å²) in [6.07, 6.45) is 16.4. The van der Waals surface area contributed by atoms with Gasteiger partial charge in [-0.1, -0.05) is 72.6 Å². The van der Waals surface area contributed by atoms with Gasteiger partial charge in [-0.3, -0.25) is 19.4 Å². The number of hydrogen-bond acceptors (Lipinski definition) is 5. The average molecular weight is 607 g/mol. The maximum atomic E-state index is 12.3. The zero-order chi connectivity index (χ0) is 31.9. The van der Waals surface area contributed by atoms with E-state index in [0.29, 0.717) is 25.0 Å². The number of ether oxygens (including phenoxy) is 1. The lowest BCUT2D eigenvalue weighted by Crippen LogP contribution is -2.33. The Hall–Kier alpha value is -2.16. The van der Waals surface area contributed by atoms with Crippen molar-refractivity contribution in [2.24, 2.45) is 10.8 Å². The molecule has 0 aliphatic carbocycles. The van der Waals surface area contributed by atoms with E-state index in [9.17, 15) is 19.2 Å². The Bertz CT molecular complexity index is 886. The number of rotatable bonds is 24. The first kappa shape index (κ1) is 37.0. The van der Waals surface area contributed by atoms with Gasteiger partial charge in [-0.25, -0.2) is 9.59 Å². The van der Waals surface area contributed by atoms with E-state index in [1.807, 2.05) is 6.92 Å². The summed E-state index contributed by atoms with van der Waals surface area (Å²) in [5, 5.41) is 0. The number of unbranched alkanes of at least 4 members (excludes halogenated alkanes) is 3. The number of imide groups is 2. The van der Waals surface area contributed by atoms with Crippen LogP contribution in [-0.4, -0.2) is 96.5 Å². The molecule has 9 nitrogen and oxygen atoms in total. The Labute approximate surface area is 262 Å². The third-order valence-corrected chi connectivity index (χ3v) is 10.7. The molecule has 0 bridgehead atoms. The van der Waals surface area contributed by atoms with Gasteiger partial charge in [-0.05, 0) is 69.1 Å². The van der Waals surface area contributed by atoms with Crippen molar-refractivity contribution < 1.29 is 23.9 Å². The molecule has 2 heterocycles. The van der Waals surface area contributed by atoms with Gasteiger partial charge in [-0.2, -0.15) is 0 Å². The fraction of sp³-hybridized carbons (Fsp3) is 0.882. The first-order chi connectivity index (χ1) is 20.6. The standard InChI is InChI=1S/C34H62N4O5/c1-7-33(8-2,19-12-15-23-38-30(40)28-36(11-5)32(38)42)20-13-16-25-43-26-17-14-21-34(9-3,10-4)22-18-24-37-29(39)27-35(6)31(37)41/h7-28H2,1-6H3. The summed E-state index contributed by atoms with van der Waals surface area (Å²) >= 11 is 0. The van der Waals surface area contributed by atoms with Crippen LogP contribution in [0, 0.1) is 10.8 Å². The largest absolute Gasteiger partial charge is 0.381 e. The molecule has 6 amide bonds. The summed E-state index contributed by atoms with van der Waals surface area (Å²) in [6.45, 7) is 14.8. The lowest BCUT2D eigenvalue weighted by molar-refractivity contribution is -0.126. The van der Waals surface area contributed by atoms with E-state index in [-0.39, 0.29) is 42.4 Å². The van der Waals surface area contributed by atoms with Crippen LogP contribution in [0.5, 0.6) is 0 Å². The van der Waals surface area contributed by atoms with Gasteiger partial charge in [0.05, 0.1) is 0 Å². The number of likely N-dealkylation sites (N-methyl/N-ethyl adjacent to an activating group) is 2.